The van der Waals surface area contributed by atoms with Crippen molar-refractivity contribution in [2.75, 3.05) is 19.7 Å². The van der Waals surface area contributed by atoms with Gasteiger partial charge in [0.05, 0.1) is 16.6 Å². The number of imidazole rings is 1. The van der Waals surface area contributed by atoms with Crippen LogP contribution in [0, 0.1) is 6.92 Å². The van der Waals surface area contributed by atoms with Gasteiger partial charge in [-0.1, -0.05) is 29.8 Å². The molecule has 6 nitrogen and oxygen atoms in total. The van der Waals surface area contributed by atoms with Crippen molar-refractivity contribution in [3.05, 3.63) is 53.6 Å². The van der Waals surface area contributed by atoms with E-state index in [2.05, 4.69) is 9.97 Å². The first-order valence-electron chi connectivity index (χ1n) is 9.62. The van der Waals surface area contributed by atoms with Crippen LogP contribution in [0.25, 0.3) is 22.4 Å². The zero-order valence-electron chi connectivity index (χ0n) is 15.9. The average molecular weight is 377 g/mol. The lowest BCUT2D eigenvalue weighted by Crippen LogP contribution is -2.38. The molecule has 0 unspecified atom stereocenters. The number of nitrogens with one attached hydrogen (secondary N) is 1. The van der Waals surface area contributed by atoms with E-state index >= 15 is 0 Å². The molecule has 4 rings (SSSR count). The van der Waals surface area contributed by atoms with Crippen LogP contribution in [0.3, 0.4) is 0 Å². The summed E-state index contributed by atoms with van der Waals surface area (Å²) < 4.78 is 5.23. The van der Waals surface area contributed by atoms with Crippen LogP contribution in [0.5, 0.6) is 0 Å². The fourth-order valence-electron chi connectivity index (χ4n) is 3.43. The third-order valence-electron chi connectivity index (χ3n) is 5.08. The lowest BCUT2D eigenvalue weighted by atomic mass is 10.1. The first-order chi connectivity index (χ1) is 13.6. The Labute approximate surface area is 163 Å². The number of hydrogen-bond acceptors (Lipinski definition) is 4. The fourth-order valence-corrected chi connectivity index (χ4v) is 3.43. The summed E-state index contributed by atoms with van der Waals surface area (Å²) in [6, 6.07) is 13.3. The zero-order valence-corrected chi connectivity index (χ0v) is 15.9. The minimum Gasteiger partial charge on any atom is -0.452 e. The summed E-state index contributed by atoms with van der Waals surface area (Å²) in [5, 5.41) is 0. The zero-order chi connectivity index (χ0) is 19.5. The van der Waals surface area contributed by atoms with Crippen LogP contribution in [0.15, 0.2) is 42.5 Å². The molecule has 3 aromatic rings. The van der Waals surface area contributed by atoms with Gasteiger partial charge in [-0.05, 0) is 44.4 Å². The van der Waals surface area contributed by atoms with Gasteiger partial charge >= 0.3 is 5.97 Å². The number of carbonyl (C=O) groups excluding carboxylic acids is 2. The molecular formula is C22H23N3O3. The fraction of sp³-hybridized carbons (Fsp3) is 0.318. The van der Waals surface area contributed by atoms with Gasteiger partial charge in [-0.25, -0.2) is 9.78 Å². The minimum atomic E-state index is -0.501. The molecule has 1 aromatic heterocycles. The van der Waals surface area contributed by atoms with E-state index in [1.807, 2.05) is 31.2 Å². The third-order valence-corrected chi connectivity index (χ3v) is 5.08. The van der Waals surface area contributed by atoms with E-state index in [4.69, 9.17) is 4.74 Å². The van der Waals surface area contributed by atoms with Gasteiger partial charge < -0.3 is 14.6 Å². The highest BCUT2D eigenvalue weighted by Crippen LogP contribution is 2.22. The van der Waals surface area contributed by atoms with Gasteiger partial charge in [-0.15, -0.1) is 0 Å². The van der Waals surface area contributed by atoms with Gasteiger partial charge in [0.15, 0.2) is 6.61 Å². The second kappa shape index (κ2) is 7.84. The average Bonchev–Trinajstić information content (AvgIpc) is 3.16. The monoisotopic (exact) mass is 377 g/mol. The Hall–Kier alpha value is -3.15. The number of nitrogens with zero attached hydrogens (tertiary/aromatic N) is 2. The summed E-state index contributed by atoms with van der Waals surface area (Å²) in [6.45, 7) is 3.32. The molecule has 0 aliphatic carbocycles. The number of fused-ring (bicyclic) bond motifs is 1. The van der Waals surface area contributed by atoms with Gasteiger partial charge in [0.25, 0.3) is 5.91 Å². The lowest BCUT2D eigenvalue weighted by molar-refractivity contribution is -0.135. The number of amides is 1. The smallest absolute Gasteiger partial charge is 0.338 e. The molecule has 2 heterocycles. The minimum absolute atomic E-state index is 0.127. The van der Waals surface area contributed by atoms with E-state index in [-0.39, 0.29) is 12.5 Å². The molecule has 28 heavy (non-hydrogen) atoms. The molecule has 0 atom stereocenters. The van der Waals surface area contributed by atoms with E-state index in [1.54, 1.807) is 23.1 Å². The van der Waals surface area contributed by atoms with Crippen LogP contribution in [-0.4, -0.2) is 46.4 Å². The van der Waals surface area contributed by atoms with E-state index in [0.717, 1.165) is 54.8 Å². The van der Waals surface area contributed by atoms with Gasteiger partial charge in [-0.3, -0.25) is 4.79 Å². The number of esters is 1. The van der Waals surface area contributed by atoms with E-state index in [1.165, 1.54) is 5.56 Å². The number of likely N-dealkylation sites (tertiary alicyclic amines) is 1. The Balaban J connectivity index is 1.45. The SMILES string of the molecule is Cc1ccc(-c2nc3ccc(C(=O)OCC(=O)N4CCCCC4)cc3[nH]2)cc1. The van der Waals surface area contributed by atoms with Crippen molar-refractivity contribution < 1.29 is 14.3 Å². The van der Waals surface area contributed by atoms with Crippen molar-refractivity contribution in [1.29, 1.82) is 0 Å². The van der Waals surface area contributed by atoms with Crippen LogP contribution in [0.1, 0.15) is 35.2 Å². The number of carbonyl (C=O) groups is 2. The molecule has 1 aliphatic heterocycles. The van der Waals surface area contributed by atoms with Crippen molar-refractivity contribution in [3.8, 4) is 11.4 Å². The van der Waals surface area contributed by atoms with Gasteiger partial charge in [0.2, 0.25) is 0 Å². The number of benzene rings is 2. The third kappa shape index (κ3) is 3.91. The Kier molecular flexibility index (Phi) is 5.10. The van der Waals surface area contributed by atoms with E-state index in [9.17, 15) is 9.59 Å². The molecule has 1 aliphatic rings. The summed E-state index contributed by atoms with van der Waals surface area (Å²) in [4.78, 5) is 34.1. The van der Waals surface area contributed by atoms with Crippen LogP contribution < -0.4 is 0 Å². The molecule has 0 radical (unpaired) electrons. The lowest BCUT2D eigenvalue weighted by Gasteiger charge is -2.26. The normalized spacial score (nSPS) is 14.2. The van der Waals surface area contributed by atoms with E-state index < -0.39 is 5.97 Å². The quantitative estimate of drug-likeness (QED) is 0.704. The maximum Gasteiger partial charge on any atom is 0.338 e. The number of ether oxygens (including phenoxy) is 1. The molecule has 0 saturated carbocycles. The topological polar surface area (TPSA) is 75.3 Å². The highest BCUT2D eigenvalue weighted by molar-refractivity contribution is 5.95. The van der Waals surface area contributed by atoms with Crippen molar-refractivity contribution in [2.24, 2.45) is 0 Å². The summed E-state index contributed by atoms with van der Waals surface area (Å²) in [7, 11) is 0. The second-order valence-electron chi connectivity index (χ2n) is 7.20. The first-order valence-corrected chi connectivity index (χ1v) is 9.62. The maximum atomic E-state index is 12.4. The first kappa shape index (κ1) is 18.2. The molecule has 2 aromatic carbocycles. The molecule has 0 spiro atoms. The molecular weight excluding hydrogens is 354 g/mol. The summed E-state index contributed by atoms with van der Waals surface area (Å²) >= 11 is 0. The summed E-state index contributed by atoms with van der Waals surface area (Å²) in [5.74, 6) is 0.122. The number of hydrogen-bond donors (Lipinski definition) is 1. The summed E-state index contributed by atoms with van der Waals surface area (Å²) in [5.41, 5.74) is 4.10. The molecule has 0 bridgehead atoms. The van der Waals surface area contributed by atoms with Crippen molar-refractivity contribution >= 4 is 22.9 Å². The van der Waals surface area contributed by atoms with E-state index in [0.29, 0.717) is 5.56 Å². The number of aryl methyl sites for hydroxylation is 1. The Morgan fingerprint density at radius 2 is 1.82 bits per heavy atom. The predicted octanol–water partition coefficient (Wildman–Crippen LogP) is 3.71. The molecule has 1 fully saturated rings. The summed E-state index contributed by atoms with van der Waals surface area (Å²) in [6.07, 6.45) is 3.18. The van der Waals surface area contributed by atoms with Crippen molar-refractivity contribution in [2.45, 2.75) is 26.2 Å². The maximum absolute atomic E-state index is 12.4. The second-order valence-corrected chi connectivity index (χ2v) is 7.20. The highest BCUT2D eigenvalue weighted by atomic mass is 16.5. The number of piperidine rings is 1. The molecule has 1 saturated heterocycles. The Bertz CT molecular complexity index is 1000. The number of aromatic nitrogens is 2. The largest absolute Gasteiger partial charge is 0.452 e. The van der Waals surface area contributed by atoms with Crippen LogP contribution in [-0.2, 0) is 9.53 Å². The predicted molar refractivity (Wildman–Crippen MR) is 107 cm³/mol. The van der Waals surface area contributed by atoms with Gasteiger partial charge in [-0.2, -0.15) is 0 Å². The molecule has 1 N–H and O–H groups in total. The standard InChI is InChI=1S/C22H23N3O3/c1-15-5-7-16(8-6-15)21-23-18-10-9-17(13-19(18)24-21)22(27)28-14-20(26)25-11-3-2-4-12-25/h5-10,13H,2-4,11-12,14H2,1H3,(H,23,24). The Morgan fingerprint density at radius 1 is 1.07 bits per heavy atom. The molecule has 6 heteroatoms. The number of H-pyrrole nitrogens is 1. The van der Waals surface area contributed by atoms with Crippen molar-refractivity contribution in [1.82, 2.24) is 14.9 Å². The highest BCUT2D eigenvalue weighted by Gasteiger charge is 2.19. The van der Waals surface area contributed by atoms with Crippen LogP contribution in [0.2, 0.25) is 0 Å². The van der Waals surface area contributed by atoms with Gasteiger partial charge in [0.1, 0.15) is 5.82 Å². The number of aromatic amines is 1. The van der Waals surface area contributed by atoms with Crippen molar-refractivity contribution in [3.63, 3.8) is 0 Å². The molecule has 1 amide bonds. The molecule has 144 valence electrons. The Morgan fingerprint density at radius 3 is 2.57 bits per heavy atom. The number of rotatable bonds is 4. The van der Waals surface area contributed by atoms with Gasteiger partial charge in [0, 0.05) is 18.7 Å². The van der Waals surface area contributed by atoms with Crippen LogP contribution in [0.4, 0.5) is 0 Å². The van der Waals surface area contributed by atoms with Crippen LogP contribution >= 0.6 is 0 Å².